The molecular formula is C19H29N3O2S. The molecule has 1 aromatic carbocycles. The Labute approximate surface area is 155 Å². The number of benzene rings is 1. The lowest BCUT2D eigenvalue weighted by molar-refractivity contribution is -0.121. The van der Waals surface area contributed by atoms with Gasteiger partial charge in [0, 0.05) is 12.5 Å². The summed E-state index contributed by atoms with van der Waals surface area (Å²) in [5, 5.41) is 3.81. The second kappa shape index (κ2) is 9.61. The van der Waals surface area contributed by atoms with Crippen LogP contribution < -0.4 is 20.9 Å². The molecule has 2 rings (SSSR count). The van der Waals surface area contributed by atoms with Crippen molar-refractivity contribution in [2.45, 2.75) is 52.0 Å². The first-order chi connectivity index (χ1) is 12.0. The number of carbonyl (C=O) groups excluding carboxylic acids is 1. The largest absolute Gasteiger partial charge is 0.496 e. The summed E-state index contributed by atoms with van der Waals surface area (Å²) in [6, 6.07) is 8.10. The van der Waals surface area contributed by atoms with E-state index in [9.17, 15) is 4.79 Å². The highest BCUT2D eigenvalue weighted by molar-refractivity contribution is 7.80. The van der Waals surface area contributed by atoms with E-state index in [4.69, 9.17) is 17.0 Å². The zero-order valence-corrected chi connectivity index (χ0v) is 16.1. The summed E-state index contributed by atoms with van der Waals surface area (Å²) in [6.07, 6.45) is 4.60. The minimum atomic E-state index is -0.0971. The van der Waals surface area contributed by atoms with Gasteiger partial charge in [-0.15, -0.1) is 0 Å². The smallest absolute Gasteiger partial charge is 0.238 e. The number of amides is 1. The Kier molecular flexibility index (Phi) is 7.50. The lowest BCUT2D eigenvalue weighted by Crippen LogP contribution is -2.52. The van der Waals surface area contributed by atoms with Crippen molar-refractivity contribution in [3.05, 3.63) is 29.8 Å². The van der Waals surface area contributed by atoms with Crippen LogP contribution in [0.25, 0.3) is 0 Å². The third kappa shape index (κ3) is 5.88. The summed E-state index contributed by atoms with van der Waals surface area (Å²) in [5.74, 6) is 1.99. The molecule has 5 nitrogen and oxygen atoms in total. The first-order valence-electron chi connectivity index (χ1n) is 8.98. The Morgan fingerprint density at radius 2 is 2.00 bits per heavy atom. The molecular weight excluding hydrogens is 334 g/mol. The van der Waals surface area contributed by atoms with Gasteiger partial charge in [0.05, 0.1) is 7.11 Å². The van der Waals surface area contributed by atoms with Crippen LogP contribution in [0.5, 0.6) is 5.75 Å². The number of hydrogen-bond acceptors (Lipinski definition) is 3. The monoisotopic (exact) mass is 363 g/mol. The van der Waals surface area contributed by atoms with Crippen molar-refractivity contribution in [3.63, 3.8) is 0 Å². The van der Waals surface area contributed by atoms with Crippen LogP contribution in [0.4, 0.5) is 0 Å². The van der Waals surface area contributed by atoms with Gasteiger partial charge >= 0.3 is 0 Å². The lowest BCUT2D eigenvalue weighted by atomic mass is 9.78. The summed E-state index contributed by atoms with van der Waals surface area (Å²) in [4.78, 5) is 12.0. The van der Waals surface area contributed by atoms with Gasteiger partial charge in [-0.1, -0.05) is 44.9 Å². The van der Waals surface area contributed by atoms with Gasteiger partial charge in [-0.3, -0.25) is 15.6 Å². The number of ether oxygens (including phenoxy) is 1. The molecule has 1 saturated carbocycles. The number of aryl methyl sites for hydroxylation is 1. The highest BCUT2D eigenvalue weighted by Crippen LogP contribution is 2.29. The third-order valence-electron chi connectivity index (χ3n) is 5.15. The molecule has 3 N–H and O–H groups in total. The van der Waals surface area contributed by atoms with Crippen molar-refractivity contribution < 1.29 is 9.53 Å². The van der Waals surface area contributed by atoms with Gasteiger partial charge in [-0.05, 0) is 48.5 Å². The van der Waals surface area contributed by atoms with E-state index in [1.165, 1.54) is 12.8 Å². The molecule has 0 aliphatic heterocycles. The van der Waals surface area contributed by atoms with Crippen LogP contribution in [0.3, 0.4) is 0 Å². The van der Waals surface area contributed by atoms with E-state index in [0.29, 0.717) is 35.8 Å². The Morgan fingerprint density at radius 1 is 1.24 bits per heavy atom. The number of para-hydroxylation sites is 1. The average Bonchev–Trinajstić information content (AvgIpc) is 2.62. The van der Waals surface area contributed by atoms with Crippen molar-refractivity contribution in [1.29, 1.82) is 0 Å². The Bertz CT molecular complexity index is 594. The molecule has 1 aliphatic rings. The lowest BCUT2D eigenvalue weighted by Gasteiger charge is -2.35. The predicted molar refractivity (Wildman–Crippen MR) is 104 cm³/mol. The second-order valence-corrected chi connectivity index (χ2v) is 7.24. The van der Waals surface area contributed by atoms with Crippen molar-refractivity contribution in [2.75, 3.05) is 7.11 Å². The molecule has 1 amide bonds. The van der Waals surface area contributed by atoms with Crippen molar-refractivity contribution in [1.82, 2.24) is 16.2 Å². The Morgan fingerprint density at radius 3 is 2.76 bits per heavy atom. The maximum atomic E-state index is 12.0. The quantitative estimate of drug-likeness (QED) is 0.555. The zero-order chi connectivity index (χ0) is 18.2. The Balaban J connectivity index is 1.71. The van der Waals surface area contributed by atoms with Gasteiger partial charge < -0.3 is 10.1 Å². The van der Waals surface area contributed by atoms with Crippen molar-refractivity contribution in [2.24, 2.45) is 11.8 Å². The topological polar surface area (TPSA) is 62.4 Å². The minimum Gasteiger partial charge on any atom is -0.496 e. The van der Waals surface area contributed by atoms with E-state index in [1.54, 1.807) is 7.11 Å². The van der Waals surface area contributed by atoms with Crippen LogP contribution in [0.1, 0.15) is 45.1 Å². The highest BCUT2D eigenvalue weighted by atomic mass is 32.1. The molecule has 0 aromatic heterocycles. The highest BCUT2D eigenvalue weighted by Gasteiger charge is 2.27. The molecule has 0 unspecified atom stereocenters. The zero-order valence-electron chi connectivity index (χ0n) is 15.3. The van der Waals surface area contributed by atoms with Crippen LogP contribution in [-0.2, 0) is 11.2 Å². The van der Waals surface area contributed by atoms with Crippen molar-refractivity contribution >= 4 is 23.2 Å². The van der Waals surface area contributed by atoms with Gasteiger partial charge in [0.2, 0.25) is 5.91 Å². The van der Waals surface area contributed by atoms with E-state index in [2.05, 4.69) is 30.0 Å². The minimum absolute atomic E-state index is 0.0971. The van der Waals surface area contributed by atoms with Crippen LogP contribution in [-0.4, -0.2) is 24.2 Å². The van der Waals surface area contributed by atoms with E-state index in [-0.39, 0.29) is 5.91 Å². The molecule has 0 saturated heterocycles. The fourth-order valence-electron chi connectivity index (χ4n) is 3.34. The first-order valence-corrected chi connectivity index (χ1v) is 9.39. The van der Waals surface area contributed by atoms with Crippen LogP contribution in [0, 0.1) is 11.8 Å². The second-order valence-electron chi connectivity index (χ2n) is 6.83. The summed E-state index contributed by atoms with van der Waals surface area (Å²) < 4.78 is 5.30. The molecule has 6 heteroatoms. The molecule has 1 aromatic rings. The molecule has 0 bridgehead atoms. The molecule has 0 spiro atoms. The number of methoxy groups -OCH3 is 1. The van der Waals surface area contributed by atoms with Crippen LogP contribution >= 0.6 is 12.2 Å². The normalized spacial score (nSPS) is 22.8. The van der Waals surface area contributed by atoms with Crippen LogP contribution in [0.2, 0.25) is 0 Å². The fourth-order valence-corrected chi connectivity index (χ4v) is 3.54. The summed E-state index contributed by atoms with van der Waals surface area (Å²) >= 11 is 5.31. The SMILES string of the molecule is COc1ccccc1CCC(=O)NNC(=S)N[C@H]1CCC[C@H](C)[C@H]1C. The number of rotatable bonds is 5. The summed E-state index contributed by atoms with van der Waals surface area (Å²) in [5.41, 5.74) is 6.51. The van der Waals surface area contributed by atoms with E-state index >= 15 is 0 Å². The van der Waals surface area contributed by atoms with E-state index < -0.39 is 0 Å². The third-order valence-corrected chi connectivity index (χ3v) is 5.37. The molecule has 1 aliphatic carbocycles. The van der Waals surface area contributed by atoms with Gasteiger partial charge in [0.15, 0.2) is 5.11 Å². The fraction of sp³-hybridized carbons (Fsp3) is 0.579. The van der Waals surface area contributed by atoms with E-state index in [0.717, 1.165) is 17.7 Å². The maximum absolute atomic E-state index is 12.0. The molecule has 1 fully saturated rings. The molecule has 0 heterocycles. The molecule has 138 valence electrons. The number of carbonyl (C=O) groups is 1. The van der Waals surface area contributed by atoms with Gasteiger partial charge in [-0.2, -0.15) is 0 Å². The number of hydrazine groups is 1. The molecule has 0 radical (unpaired) electrons. The maximum Gasteiger partial charge on any atom is 0.238 e. The van der Waals surface area contributed by atoms with E-state index in [1.807, 2.05) is 24.3 Å². The first kappa shape index (κ1) is 19.5. The predicted octanol–water partition coefficient (Wildman–Crippen LogP) is 2.95. The van der Waals surface area contributed by atoms with Gasteiger partial charge in [-0.25, -0.2) is 0 Å². The number of hydrogen-bond donors (Lipinski definition) is 3. The van der Waals surface area contributed by atoms with Gasteiger partial charge in [0.1, 0.15) is 5.75 Å². The standard InChI is InChI=1S/C19H29N3O2S/c1-13-7-6-9-16(14(13)2)20-19(25)22-21-18(23)12-11-15-8-4-5-10-17(15)24-3/h4-5,8,10,13-14,16H,6-7,9,11-12H2,1-3H3,(H,21,23)(H2,20,22,25)/t13-,14+,16-/m0/s1. The number of nitrogens with one attached hydrogen (secondary N) is 3. The van der Waals surface area contributed by atoms with Crippen molar-refractivity contribution in [3.8, 4) is 5.75 Å². The summed E-state index contributed by atoms with van der Waals surface area (Å²) in [6.45, 7) is 4.55. The Hall–Kier alpha value is -1.82. The molecule has 3 atom stereocenters. The summed E-state index contributed by atoms with van der Waals surface area (Å²) in [7, 11) is 1.64. The van der Waals surface area contributed by atoms with Gasteiger partial charge in [0.25, 0.3) is 0 Å². The van der Waals surface area contributed by atoms with Crippen LogP contribution in [0.15, 0.2) is 24.3 Å². The average molecular weight is 364 g/mol. The molecule has 25 heavy (non-hydrogen) atoms. The number of thiocarbonyl (C=S) groups is 1.